The van der Waals surface area contributed by atoms with E-state index in [1.54, 1.807) is 17.9 Å². The van der Waals surface area contributed by atoms with Crippen molar-refractivity contribution in [2.24, 2.45) is 0 Å². The summed E-state index contributed by atoms with van der Waals surface area (Å²) in [6, 6.07) is 0. The smallest absolute Gasteiger partial charge is 0.308 e. The number of nitrogens with one attached hydrogen (secondary N) is 1. The monoisotopic (exact) mass is 282 g/mol. The molecule has 0 atom stereocenters. The van der Waals surface area contributed by atoms with Crippen LogP contribution in [0, 0.1) is 0 Å². The molecule has 1 aromatic rings. The Labute approximate surface area is 112 Å². The van der Waals surface area contributed by atoms with Crippen molar-refractivity contribution in [1.82, 2.24) is 20.1 Å². The number of ether oxygens (including phenoxy) is 1. The summed E-state index contributed by atoms with van der Waals surface area (Å²) in [6.45, 7) is 3.68. The minimum absolute atomic E-state index is 0. The van der Waals surface area contributed by atoms with Crippen LogP contribution in [0.3, 0.4) is 0 Å². The van der Waals surface area contributed by atoms with Crippen molar-refractivity contribution in [2.45, 2.75) is 18.9 Å². The molecule has 1 saturated heterocycles. The van der Waals surface area contributed by atoms with Gasteiger partial charge in [-0.3, -0.25) is 4.79 Å². The Morgan fingerprint density at radius 2 is 2.24 bits per heavy atom. The second kappa shape index (κ2) is 6.78. The molecule has 2 heterocycles. The number of carbonyl (C=O) groups is 1. The molecule has 1 N–H and O–H groups in total. The molecule has 1 aliphatic heterocycles. The first-order valence-electron chi connectivity index (χ1n) is 4.98. The summed E-state index contributed by atoms with van der Waals surface area (Å²) >= 11 is 0. The summed E-state index contributed by atoms with van der Waals surface area (Å²) in [7, 11) is 0. The molecule has 98 valence electrons. The number of rotatable bonds is 4. The first-order valence-corrected chi connectivity index (χ1v) is 4.98. The average molecular weight is 283 g/mol. The van der Waals surface area contributed by atoms with Gasteiger partial charge in [0.2, 0.25) is 0 Å². The molecule has 0 unspecified atom stereocenters. The van der Waals surface area contributed by atoms with Crippen LogP contribution in [0.25, 0.3) is 0 Å². The van der Waals surface area contributed by atoms with Crippen LogP contribution in [-0.4, -0.2) is 40.4 Å². The van der Waals surface area contributed by atoms with E-state index in [0.717, 1.165) is 13.1 Å². The number of esters is 1. The standard InChI is InChI=1S/C9H14N4O2.2ClH/c1-2-15-8(14)3-9(4-10-5-9)13-7-11-6-12-13;;/h6-7,10H,2-5H2,1H3;2*1H. The van der Waals surface area contributed by atoms with E-state index in [4.69, 9.17) is 4.74 Å². The number of hydrogen-bond donors (Lipinski definition) is 1. The number of hydrogen-bond acceptors (Lipinski definition) is 5. The van der Waals surface area contributed by atoms with Crippen LogP contribution >= 0.6 is 24.8 Å². The molecule has 1 aliphatic rings. The van der Waals surface area contributed by atoms with Gasteiger partial charge in [-0.2, -0.15) is 5.10 Å². The van der Waals surface area contributed by atoms with Crippen LogP contribution in [0.15, 0.2) is 12.7 Å². The maximum absolute atomic E-state index is 11.4. The van der Waals surface area contributed by atoms with Crippen LogP contribution in [0.5, 0.6) is 0 Å². The Kier molecular flexibility index (Phi) is 6.44. The van der Waals surface area contributed by atoms with Gasteiger partial charge < -0.3 is 10.1 Å². The highest BCUT2D eigenvalue weighted by atomic mass is 35.5. The zero-order valence-electron chi connectivity index (χ0n) is 9.46. The van der Waals surface area contributed by atoms with Crippen molar-refractivity contribution in [1.29, 1.82) is 0 Å². The first kappa shape index (κ1) is 16.1. The summed E-state index contributed by atoms with van der Waals surface area (Å²) in [6.07, 6.45) is 3.46. The average Bonchev–Trinajstić information content (AvgIpc) is 2.64. The molecule has 2 rings (SSSR count). The van der Waals surface area contributed by atoms with Gasteiger partial charge in [0.1, 0.15) is 12.7 Å². The number of nitrogens with zero attached hydrogens (tertiary/aromatic N) is 3. The Morgan fingerprint density at radius 3 is 2.65 bits per heavy atom. The van der Waals surface area contributed by atoms with E-state index in [0.29, 0.717) is 13.0 Å². The Balaban J connectivity index is 0.00000128. The zero-order chi connectivity index (χ0) is 10.7. The van der Waals surface area contributed by atoms with E-state index < -0.39 is 0 Å². The van der Waals surface area contributed by atoms with Crippen molar-refractivity contribution < 1.29 is 9.53 Å². The molecular formula is C9H16Cl2N4O2. The molecule has 0 saturated carbocycles. The SMILES string of the molecule is CCOC(=O)CC1(n2cncn2)CNC1.Cl.Cl. The van der Waals surface area contributed by atoms with Gasteiger partial charge in [-0.1, -0.05) is 0 Å². The Morgan fingerprint density at radius 1 is 1.53 bits per heavy atom. The normalized spacial score (nSPS) is 16.1. The lowest BCUT2D eigenvalue weighted by molar-refractivity contribution is -0.146. The van der Waals surface area contributed by atoms with E-state index in [-0.39, 0.29) is 36.3 Å². The lowest BCUT2D eigenvalue weighted by Gasteiger charge is -2.41. The molecule has 6 nitrogen and oxygen atoms in total. The molecule has 0 radical (unpaired) electrons. The minimum Gasteiger partial charge on any atom is -0.466 e. The largest absolute Gasteiger partial charge is 0.466 e. The Hall–Kier alpha value is -0.850. The van der Waals surface area contributed by atoms with Crippen molar-refractivity contribution in [3.63, 3.8) is 0 Å². The van der Waals surface area contributed by atoms with Crippen molar-refractivity contribution >= 4 is 30.8 Å². The second-order valence-electron chi connectivity index (χ2n) is 3.65. The molecule has 17 heavy (non-hydrogen) atoms. The van der Waals surface area contributed by atoms with Crippen molar-refractivity contribution in [2.75, 3.05) is 19.7 Å². The van der Waals surface area contributed by atoms with Gasteiger partial charge in [0.05, 0.1) is 18.6 Å². The summed E-state index contributed by atoms with van der Waals surface area (Å²) in [5.74, 6) is -0.186. The number of carbonyl (C=O) groups excluding carboxylic acids is 1. The predicted octanol–water partition coefficient (Wildman–Crippen LogP) is 0.373. The zero-order valence-corrected chi connectivity index (χ0v) is 11.1. The van der Waals surface area contributed by atoms with Crippen molar-refractivity contribution in [3.05, 3.63) is 12.7 Å². The van der Waals surface area contributed by atoms with Crippen LogP contribution in [0.1, 0.15) is 13.3 Å². The summed E-state index contributed by atoms with van der Waals surface area (Å²) < 4.78 is 6.68. The topological polar surface area (TPSA) is 69.0 Å². The van der Waals surface area contributed by atoms with Gasteiger partial charge in [-0.15, -0.1) is 24.8 Å². The van der Waals surface area contributed by atoms with Gasteiger partial charge in [0.25, 0.3) is 0 Å². The molecule has 0 aliphatic carbocycles. The minimum atomic E-state index is -0.275. The van der Waals surface area contributed by atoms with Gasteiger partial charge in [0.15, 0.2) is 0 Å². The van der Waals surface area contributed by atoms with Crippen molar-refractivity contribution in [3.8, 4) is 0 Å². The van der Waals surface area contributed by atoms with E-state index in [1.165, 1.54) is 6.33 Å². The molecule has 0 aromatic carbocycles. The fourth-order valence-corrected chi connectivity index (χ4v) is 1.72. The predicted molar refractivity (Wildman–Crippen MR) is 66.6 cm³/mol. The van der Waals surface area contributed by atoms with E-state index >= 15 is 0 Å². The van der Waals surface area contributed by atoms with Gasteiger partial charge in [0, 0.05) is 13.1 Å². The van der Waals surface area contributed by atoms with Crippen LogP contribution in [0.2, 0.25) is 0 Å². The molecule has 0 spiro atoms. The summed E-state index contributed by atoms with van der Waals surface area (Å²) in [5, 5.41) is 7.22. The highest BCUT2D eigenvalue weighted by Gasteiger charge is 2.42. The summed E-state index contributed by atoms with van der Waals surface area (Å²) in [4.78, 5) is 15.3. The van der Waals surface area contributed by atoms with Gasteiger partial charge >= 0.3 is 5.97 Å². The number of aromatic nitrogens is 3. The molecule has 8 heteroatoms. The first-order chi connectivity index (χ1) is 7.27. The van der Waals surface area contributed by atoms with E-state index in [9.17, 15) is 4.79 Å². The van der Waals surface area contributed by atoms with E-state index in [2.05, 4.69) is 15.4 Å². The third kappa shape index (κ3) is 3.31. The molecule has 1 fully saturated rings. The van der Waals surface area contributed by atoms with Crippen LogP contribution in [0.4, 0.5) is 0 Å². The lowest BCUT2D eigenvalue weighted by atomic mass is 9.89. The highest BCUT2D eigenvalue weighted by molar-refractivity contribution is 5.85. The summed E-state index contributed by atoms with van der Waals surface area (Å²) in [5.41, 5.74) is -0.275. The third-order valence-electron chi connectivity index (χ3n) is 2.59. The molecular weight excluding hydrogens is 267 g/mol. The van der Waals surface area contributed by atoms with E-state index in [1.807, 2.05) is 0 Å². The maximum Gasteiger partial charge on any atom is 0.308 e. The molecule has 0 bridgehead atoms. The quantitative estimate of drug-likeness (QED) is 0.809. The lowest BCUT2D eigenvalue weighted by Crippen LogP contribution is -2.61. The Bertz CT molecular complexity index is 341. The fourth-order valence-electron chi connectivity index (χ4n) is 1.72. The third-order valence-corrected chi connectivity index (χ3v) is 2.59. The van der Waals surface area contributed by atoms with Gasteiger partial charge in [-0.05, 0) is 6.92 Å². The second-order valence-corrected chi connectivity index (χ2v) is 3.65. The molecule has 1 aromatic heterocycles. The van der Waals surface area contributed by atoms with Crippen LogP contribution in [-0.2, 0) is 15.1 Å². The van der Waals surface area contributed by atoms with Crippen LogP contribution < -0.4 is 5.32 Å². The molecule has 0 amide bonds. The number of halogens is 2. The fraction of sp³-hybridized carbons (Fsp3) is 0.667. The maximum atomic E-state index is 11.4. The highest BCUT2D eigenvalue weighted by Crippen LogP contribution is 2.24. The van der Waals surface area contributed by atoms with Gasteiger partial charge in [-0.25, -0.2) is 9.67 Å².